The van der Waals surface area contributed by atoms with Crippen molar-refractivity contribution < 1.29 is 16.8 Å². The average molecular weight is 319 g/mol. The monoisotopic (exact) mass is 319 g/mol. The van der Waals surface area contributed by atoms with Crippen LogP contribution in [0.2, 0.25) is 0 Å². The lowest BCUT2D eigenvalue weighted by Crippen LogP contribution is -2.45. The van der Waals surface area contributed by atoms with E-state index in [0.29, 0.717) is 13.0 Å². The lowest BCUT2D eigenvalue weighted by atomic mass is 10.1. The minimum absolute atomic E-state index is 0.0851. The SMILES string of the molecule is NC1CCCN(S(=O)(=O)c2cccc(S(N)(=O)=O)c2)C1. The zero-order valence-electron chi connectivity index (χ0n) is 10.8. The van der Waals surface area contributed by atoms with Crippen molar-refractivity contribution >= 4 is 20.0 Å². The fraction of sp³-hybridized carbons (Fsp3) is 0.455. The van der Waals surface area contributed by atoms with Crippen LogP contribution in [0.5, 0.6) is 0 Å². The van der Waals surface area contributed by atoms with Gasteiger partial charge in [0.05, 0.1) is 9.79 Å². The molecule has 0 bridgehead atoms. The summed E-state index contributed by atoms with van der Waals surface area (Å²) in [5.41, 5.74) is 5.78. The van der Waals surface area contributed by atoms with E-state index in [-0.39, 0.29) is 22.4 Å². The number of hydrogen-bond acceptors (Lipinski definition) is 5. The highest BCUT2D eigenvalue weighted by atomic mass is 32.2. The van der Waals surface area contributed by atoms with E-state index in [1.165, 1.54) is 22.5 Å². The second-order valence-electron chi connectivity index (χ2n) is 4.79. The van der Waals surface area contributed by atoms with Crippen molar-refractivity contribution in [3.63, 3.8) is 0 Å². The summed E-state index contributed by atoms with van der Waals surface area (Å²) >= 11 is 0. The van der Waals surface area contributed by atoms with Crippen molar-refractivity contribution in [3.05, 3.63) is 24.3 Å². The van der Waals surface area contributed by atoms with Gasteiger partial charge in [0, 0.05) is 19.1 Å². The zero-order chi connectivity index (χ0) is 15.0. The maximum atomic E-state index is 12.4. The molecule has 112 valence electrons. The molecule has 1 heterocycles. The molecule has 1 atom stereocenters. The molecule has 0 spiro atoms. The van der Waals surface area contributed by atoms with Crippen LogP contribution in [0.3, 0.4) is 0 Å². The summed E-state index contributed by atoms with van der Waals surface area (Å²) in [6.07, 6.45) is 1.47. The molecule has 7 nitrogen and oxygen atoms in total. The zero-order valence-corrected chi connectivity index (χ0v) is 12.4. The molecule has 0 amide bonds. The van der Waals surface area contributed by atoms with Crippen LogP contribution < -0.4 is 10.9 Å². The molecule has 0 aromatic heterocycles. The number of benzene rings is 1. The maximum absolute atomic E-state index is 12.4. The molecule has 1 aliphatic rings. The van der Waals surface area contributed by atoms with Gasteiger partial charge in [-0.2, -0.15) is 4.31 Å². The van der Waals surface area contributed by atoms with Crippen LogP contribution in [0.25, 0.3) is 0 Å². The molecule has 1 fully saturated rings. The number of hydrogen-bond donors (Lipinski definition) is 2. The van der Waals surface area contributed by atoms with E-state index >= 15 is 0 Å². The molecule has 0 aliphatic carbocycles. The van der Waals surface area contributed by atoms with Gasteiger partial charge >= 0.3 is 0 Å². The molecule has 0 saturated carbocycles. The number of primary sulfonamides is 1. The first-order valence-electron chi connectivity index (χ1n) is 6.10. The fourth-order valence-corrected chi connectivity index (χ4v) is 4.37. The quantitative estimate of drug-likeness (QED) is 0.773. The van der Waals surface area contributed by atoms with Crippen LogP contribution in [0.1, 0.15) is 12.8 Å². The van der Waals surface area contributed by atoms with Crippen molar-refractivity contribution in [1.29, 1.82) is 0 Å². The minimum Gasteiger partial charge on any atom is -0.327 e. The Morgan fingerprint density at radius 2 is 1.80 bits per heavy atom. The van der Waals surface area contributed by atoms with Gasteiger partial charge in [0.2, 0.25) is 20.0 Å². The molecule has 4 N–H and O–H groups in total. The Labute approximate surface area is 118 Å². The summed E-state index contributed by atoms with van der Waals surface area (Å²) < 4.78 is 48.8. The van der Waals surface area contributed by atoms with Crippen LogP contribution in [-0.2, 0) is 20.0 Å². The highest BCUT2D eigenvalue weighted by molar-refractivity contribution is 7.90. The molecular formula is C11H17N3O4S2. The van der Waals surface area contributed by atoms with Gasteiger partial charge in [-0.05, 0) is 31.0 Å². The van der Waals surface area contributed by atoms with E-state index in [1.54, 1.807) is 0 Å². The molecule has 1 saturated heterocycles. The lowest BCUT2D eigenvalue weighted by Gasteiger charge is -2.29. The molecule has 1 aromatic rings. The van der Waals surface area contributed by atoms with Gasteiger partial charge in [-0.1, -0.05) is 6.07 Å². The number of sulfonamides is 2. The Kier molecular flexibility index (Phi) is 4.17. The molecule has 1 aromatic carbocycles. The highest BCUT2D eigenvalue weighted by Crippen LogP contribution is 2.22. The Morgan fingerprint density at radius 1 is 1.15 bits per heavy atom. The summed E-state index contributed by atoms with van der Waals surface area (Å²) in [7, 11) is -7.68. The Hall–Kier alpha value is -1.00. The topological polar surface area (TPSA) is 124 Å². The first kappa shape index (κ1) is 15.4. The number of piperidine rings is 1. The van der Waals surface area contributed by atoms with Crippen molar-refractivity contribution in [3.8, 4) is 0 Å². The molecule has 20 heavy (non-hydrogen) atoms. The Balaban J connectivity index is 2.39. The number of nitrogens with two attached hydrogens (primary N) is 2. The predicted molar refractivity (Wildman–Crippen MR) is 73.8 cm³/mol. The standard InChI is InChI=1S/C11H17N3O4S2/c12-9-3-2-6-14(8-9)20(17,18)11-5-1-4-10(7-11)19(13,15)16/h1,4-5,7,9H,2-3,6,8,12H2,(H2,13,15,16). The predicted octanol–water partition coefficient (Wildman–Crippen LogP) is -0.554. The largest absolute Gasteiger partial charge is 0.327 e. The second-order valence-corrected chi connectivity index (χ2v) is 8.28. The third-order valence-corrected chi connectivity index (χ3v) is 5.96. The van der Waals surface area contributed by atoms with Crippen LogP contribution in [0.15, 0.2) is 34.1 Å². The first-order chi connectivity index (χ1) is 9.21. The van der Waals surface area contributed by atoms with E-state index in [0.717, 1.165) is 12.5 Å². The fourth-order valence-electron chi connectivity index (χ4n) is 2.15. The summed E-state index contributed by atoms with van der Waals surface area (Å²) in [5, 5.41) is 5.01. The van der Waals surface area contributed by atoms with Crippen molar-refractivity contribution in [2.45, 2.75) is 28.7 Å². The van der Waals surface area contributed by atoms with Crippen LogP contribution >= 0.6 is 0 Å². The lowest BCUT2D eigenvalue weighted by molar-refractivity contribution is 0.316. The third kappa shape index (κ3) is 3.18. The maximum Gasteiger partial charge on any atom is 0.243 e. The summed E-state index contributed by atoms with van der Waals surface area (Å²) in [6, 6.07) is 4.85. The third-order valence-electron chi connectivity index (χ3n) is 3.19. The minimum atomic E-state index is -3.93. The summed E-state index contributed by atoms with van der Waals surface area (Å²) in [6.45, 7) is 0.623. The van der Waals surface area contributed by atoms with E-state index in [9.17, 15) is 16.8 Å². The molecule has 2 rings (SSSR count). The molecule has 1 unspecified atom stereocenters. The van der Waals surface area contributed by atoms with Gasteiger partial charge < -0.3 is 5.73 Å². The molecule has 1 aliphatic heterocycles. The Bertz CT molecular complexity index is 700. The number of rotatable bonds is 3. The van der Waals surface area contributed by atoms with Crippen LogP contribution in [0.4, 0.5) is 0 Å². The van der Waals surface area contributed by atoms with Gasteiger partial charge in [0.1, 0.15) is 0 Å². The van der Waals surface area contributed by atoms with E-state index in [1.807, 2.05) is 0 Å². The van der Waals surface area contributed by atoms with E-state index < -0.39 is 20.0 Å². The molecule has 9 heteroatoms. The van der Waals surface area contributed by atoms with Crippen LogP contribution in [0, 0.1) is 0 Å². The number of nitrogens with zero attached hydrogens (tertiary/aromatic N) is 1. The van der Waals surface area contributed by atoms with Crippen LogP contribution in [-0.4, -0.2) is 40.3 Å². The second kappa shape index (κ2) is 5.41. The van der Waals surface area contributed by atoms with Gasteiger partial charge in [-0.25, -0.2) is 22.0 Å². The smallest absolute Gasteiger partial charge is 0.243 e. The van der Waals surface area contributed by atoms with Crippen molar-refractivity contribution in [2.75, 3.05) is 13.1 Å². The van der Waals surface area contributed by atoms with Gasteiger partial charge in [0.15, 0.2) is 0 Å². The van der Waals surface area contributed by atoms with Crippen molar-refractivity contribution in [2.24, 2.45) is 10.9 Å². The van der Waals surface area contributed by atoms with Gasteiger partial charge in [-0.3, -0.25) is 0 Å². The van der Waals surface area contributed by atoms with E-state index in [4.69, 9.17) is 10.9 Å². The molecular weight excluding hydrogens is 302 g/mol. The highest BCUT2D eigenvalue weighted by Gasteiger charge is 2.29. The summed E-state index contributed by atoms with van der Waals surface area (Å²) in [4.78, 5) is -0.307. The summed E-state index contributed by atoms with van der Waals surface area (Å²) in [5.74, 6) is 0. The van der Waals surface area contributed by atoms with E-state index in [2.05, 4.69) is 0 Å². The first-order valence-corrected chi connectivity index (χ1v) is 9.08. The normalized spacial score (nSPS) is 21.8. The Morgan fingerprint density at radius 3 is 2.40 bits per heavy atom. The van der Waals surface area contributed by atoms with Crippen molar-refractivity contribution in [1.82, 2.24) is 4.31 Å². The average Bonchev–Trinajstić information content (AvgIpc) is 2.38. The van der Waals surface area contributed by atoms with Gasteiger partial charge in [-0.15, -0.1) is 0 Å². The molecule has 0 radical (unpaired) electrons. The van der Waals surface area contributed by atoms with Gasteiger partial charge in [0.25, 0.3) is 0 Å².